The minimum Gasteiger partial charge on any atom is -0.366 e. The molecule has 1 aromatic carbocycles. The number of hydrogen-bond donors (Lipinski definition) is 0. The lowest BCUT2D eigenvalue weighted by Gasteiger charge is -2.35. The Morgan fingerprint density at radius 2 is 2.06 bits per heavy atom. The summed E-state index contributed by atoms with van der Waals surface area (Å²) < 4.78 is 13.5. The minimum absolute atomic E-state index is 0.0847. The number of anilines is 1. The van der Waals surface area contributed by atoms with Crippen molar-refractivity contribution in [2.24, 2.45) is 0 Å². The van der Waals surface area contributed by atoms with Crippen LogP contribution < -0.4 is 4.90 Å². The van der Waals surface area contributed by atoms with Gasteiger partial charge in [0, 0.05) is 33.1 Å². The van der Waals surface area contributed by atoms with E-state index in [1.54, 1.807) is 24.0 Å². The topological polar surface area (TPSA) is 23.6 Å². The number of benzene rings is 1. The number of halogens is 1. The lowest BCUT2D eigenvalue weighted by atomic mass is 10.2. The van der Waals surface area contributed by atoms with Gasteiger partial charge in [0.1, 0.15) is 5.82 Å². The average Bonchev–Trinajstić information content (AvgIpc) is 2.30. The first-order valence-electron chi connectivity index (χ1n) is 5.34. The van der Waals surface area contributed by atoms with Crippen LogP contribution in [0.15, 0.2) is 18.2 Å². The predicted octanol–water partition coefficient (Wildman–Crippen LogP) is 1.29. The molecule has 1 aromatic rings. The number of amides is 1. The third-order valence-electron chi connectivity index (χ3n) is 2.86. The standard InChI is InChI=1S/C12H14FN2O/c1-10(16)14-6-8-15(9-7-14)12-5-3-2-4-11(12)13/h3-5H,6-9H2,1H3. The number of rotatable bonds is 1. The van der Waals surface area contributed by atoms with Gasteiger partial charge < -0.3 is 9.80 Å². The van der Waals surface area contributed by atoms with Gasteiger partial charge in [0.05, 0.1) is 5.69 Å². The molecular formula is C12H14FN2O. The van der Waals surface area contributed by atoms with Crippen LogP contribution in [-0.2, 0) is 4.79 Å². The minimum atomic E-state index is -0.251. The first-order chi connectivity index (χ1) is 7.68. The largest absolute Gasteiger partial charge is 0.366 e. The summed E-state index contributed by atoms with van der Waals surface area (Å²) in [5.74, 6) is -0.166. The lowest BCUT2D eigenvalue weighted by Crippen LogP contribution is -2.48. The van der Waals surface area contributed by atoms with Gasteiger partial charge in [0.25, 0.3) is 0 Å². The van der Waals surface area contributed by atoms with E-state index in [1.807, 2.05) is 4.90 Å². The Labute approximate surface area is 94.5 Å². The van der Waals surface area contributed by atoms with E-state index in [9.17, 15) is 9.18 Å². The molecule has 1 heterocycles. The van der Waals surface area contributed by atoms with Crippen LogP contribution in [0.1, 0.15) is 6.92 Å². The van der Waals surface area contributed by atoms with E-state index in [2.05, 4.69) is 6.07 Å². The maximum Gasteiger partial charge on any atom is 0.219 e. The summed E-state index contributed by atoms with van der Waals surface area (Å²) in [7, 11) is 0. The van der Waals surface area contributed by atoms with Gasteiger partial charge >= 0.3 is 0 Å². The van der Waals surface area contributed by atoms with Crippen LogP contribution in [0, 0.1) is 11.9 Å². The van der Waals surface area contributed by atoms with Crippen LogP contribution in [0.4, 0.5) is 10.1 Å². The Morgan fingerprint density at radius 1 is 1.38 bits per heavy atom. The van der Waals surface area contributed by atoms with Crippen molar-refractivity contribution in [2.45, 2.75) is 6.92 Å². The summed E-state index contributed by atoms with van der Waals surface area (Å²) in [6.07, 6.45) is 0. The van der Waals surface area contributed by atoms with Crippen molar-refractivity contribution in [2.75, 3.05) is 31.1 Å². The van der Waals surface area contributed by atoms with Crippen LogP contribution in [0.2, 0.25) is 0 Å². The fraction of sp³-hybridized carbons (Fsp3) is 0.417. The Morgan fingerprint density at radius 3 is 2.62 bits per heavy atom. The lowest BCUT2D eigenvalue weighted by molar-refractivity contribution is -0.129. The number of hydrogen-bond acceptors (Lipinski definition) is 2. The summed E-state index contributed by atoms with van der Waals surface area (Å²) in [6, 6.07) is 7.47. The third-order valence-corrected chi connectivity index (χ3v) is 2.86. The monoisotopic (exact) mass is 221 g/mol. The van der Waals surface area contributed by atoms with E-state index >= 15 is 0 Å². The Kier molecular flexibility index (Phi) is 3.08. The summed E-state index contributed by atoms with van der Waals surface area (Å²) in [6.45, 7) is 4.25. The summed E-state index contributed by atoms with van der Waals surface area (Å²) in [5.41, 5.74) is 0.599. The molecule has 0 saturated carbocycles. The van der Waals surface area contributed by atoms with Crippen LogP contribution in [0.5, 0.6) is 0 Å². The van der Waals surface area contributed by atoms with Crippen LogP contribution in [-0.4, -0.2) is 37.0 Å². The van der Waals surface area contributed by atoms with Crippen LogP contribution in [0.3, 0.4) is 0 Å². The normalized spacial score (nSPS) is 16.4. The van der Waals surface area contributed by atoms with Crippen molar-refractivity contribution in [3.8, 4) is 0 Å². The molecule has 2 rings (SSSR count). The Balaban J connectivity index is 2.05. The van der Waals surface area contributed by atoms with Gasteiger partial charge in [-0.15, -0.1) is 0 Å². The molecule has 1 saturated heterocycles. The van der Waals surface area contributed by atoms with Crippen molar-refractivity contribution >= 4 is 11.6 Å². The molecule has 0 bridgehead atoms. The molecule has 1 aliphatic heterocycles. The van der Waals surface area contributed by atoms with Gasteiger partial charge in [0.15, 0.2) is 0 Å². The van der Waals surface area contributed by atoms with Gasteiger partial charge in [-0.3, -0.25) is 4.79 Å². The highest BCUT2D eigenvalue weighted by Gasteiger charge is 2.20. The molecule has 0 aliphatic carbocycles. The van der Waals surface area contributed by atoms with E-state index in [0.29, 0.717) is 31.9 Å². The highest BCUT2D eigenvalue weighted by atomic mass is 19.1. The molecule has 0 atom stereocenters. The second-order valence-electron chi connectivity index (χ2n) is 3.87. The fourth-order valence-electron chi connectivity index (χ4n) is 1.92. The first kappa shape index (κ1) is 10.9. The molecule has 4 heteroatoms. The maximum atomic E-state index is 13.5. The molecule has 0 aromatic heterocycles. The number of carbonyl (C=O) groups excluding carboxylic acids is 1. The molecule has 0 N–H and O–H groups in total. The Bertz CT molecular complexity index is 386. The second kappa shape index (κ2) is 4.51. The molecule has 1 fully saturated rings. The number of nitrogens with zero attached hydrogens (tertiary/aromatic N) is 2. The maximum absolute atomic E-state index is 13.5. The molecule has 0 unspecified atom stereocenters. The zero-order valence-corrected chi connectivity index (χ0v) is 9.24. The SMILES string of the molecule is CC(=O)N1CCN(c2cc[c]cc2F)CC1. The van der Waals surface area contributed by atoms with Crippen molar-refractivity contribution in [1.29, 1.82) is 0 Å². The first-order valence-corrected chi connectivity index (χ1v) is 5.34. The molecule has 1 aliphatic rings. The third kappa shape index (κ3) is 2.15. The van der Waals surface area contributed by atoms with E-state index in [-0.39, 0.29) is 11.7 Å². The van der Waals surface area contributed by atoms with E-state index in [4.69, 9.17) is 0 Å². The highest BCUT2D eigenvalue weighted by molar-refractivity contribution is 5.73. The van der Waals surface area contributed by atoms with Crippen molar-refractivity contribution < 1.29 is 9.18 Å². The van der Waals surface area contributed by atoms with Crippen LogP contribution >= 0.6 is 0 Å². The molecular weight excluding hydrogens is 207 g/mol. The summed E-state index contributed by atoms with van der Waals surface area (Å²) in [4.78, 5) is 14.9. The zero-order valence-electron chi connectivity index (χ0n) is 9.24. The van der Waals surface area contributed by atoms with Gasteiger partial charge in [0.2, 0.25) is 5.91 Å². The van der Waals surface area contributed by atoms with Crippen molar-refractivity contribution in [1.82, 2.24) is 4.90 Å². The second-order valence-corrected chi connectivity index (χ2v) is 3.87. The van der Waals surface area contributed by atoms with Crippen LogP contribution in [0.25, 0.3) is 0 Å². The van der Waals surface area contributed by atoms with Crippen molar-refractivity contribution in [3.63, 3.8) is 0 Å². The quantitative estimate of drug-likeness (QED) is 0.713. The van der Waals surface area contributed by atoms with Crippen molar-refractivity contribution in [3.05, 3.63) is 30.1 Å². The predicted molar refractivity (Wildman–Crippen MR) is 59.7 cm³/mol. The summed E-state index contributed by atoms with van der Waals surface area (Å²) >= 11 is 0. The fourth-order valence-corrected chi connectivity index (χ4v) is 1.92. The Hall–Kier alpha value is -1.58. The highest BCUT2D eigenvalue weighted by Crippen LogP contribution is 2.19. The molecule has 0 spiro atoms. The zero-order chi connectivity index (χ0) is 11.5. The molecule has 16 heavy (non-hydrogen) atoms. The van der Waals surface area contributed by atoms with E-state index < -0.39 is 0 Å². The van der Waals surface area contributed by atoms with Gasteiger partial charge in [-0.1, -0.05) is 6.07 Å². The molecule has 1 amide bonds. The number of carbonyl (C=O) groups is 1. The molecule has 1 radical (unpaired) electrons. The molecule has 3 nitrogen and oxygen atoms in total. The smallest absolute Gasteiger partial charge is 0.219 e. The van der Waals surface area contributed by atoms with E-state index in [0.717, 1.165) is 0 Å². The average molecular weight is 221 g/mol. The summed E-state index contributed by atoms with van der Waals surface area (Å²) in [5, 5.41) is 0. The van der Waals surface area contributed by atoms with Gasteiger partial charge in [-0.25, -0.2) is 4.39 Å². The van der Waals surface area contributed by atoms with Gasteiger partial charge in [-0.2, -0.15) is 0 Å². The number of piperazine rings is 1. The van der Waals surface area contributed by atoms with Gasteiger partial charge in [-0.05, 0) is 18.2 Å². The molecule has 85 valence electrons. The van der Waals surface area contributed by atoms with E-state index in [1.165, 1.54) is 6.07 Å².